The lowest BCUT2D eigenvalue weighted by Gasteiger charge is -2.23. The number of nitrogens with zero attached hydrogens (tertiary/aromatic N) is 1. The quantitative estimate of drug-likeness (QED) is 0.905. The van der Waals surface area contributed by atoms with Gasteiger partial charge in [-0.2, -0.15) is 0 Å². The van der Waals surface area contributed by atoms with Crippen molar-refractivity contribution in [1.29, 1.82) is 0 Å². The number of rotatable bonds is 3. The first-order valence-corrected chi connectivity index (χ1v) is 6.40. The molecule has 1 unspecified atom stereocenters. The van der Waals surface area contributed by atoms with Crippen molar-refractivity contribution in [2.75, 3.05) is 20.4 Å². The number of carbonyl (C=O) groups is 1. The average Bonchev–Trinajstić information content (AvgIpc) is 2.84. The van der Waals surface area contributed by atoms with E-state index in [-0.39, 0.29) is 31.1 Å². The maximum Gasteiger partial charge on any atom is 0.254 e. The molecule has 1 aromatic rings. The van der Waals surface area contributed by atoms with Crippen LogP contribution in [0.5, 0.6) is 11.5 Å². The highest BCUT2D eigenvalue weighted by Crippen LogP contribution is 2.40. The Bertz CT molecular complexity index is 484. The monoisotopic (exact) mass is 350 g/mol. The van der Waals surface area contributed by atoms with E-state index in [4.69, 9.17) is 15.2 Å². The van der Waals surface area contributed by atoms with Crippen LogP contribution in [0.15, 0.2) is 16.6 Å². The van der Waals surface area contributed by atoms with E-state index in [1.54, 1.807) is 24.1 Å². The van der Waals surface area contributed by atoms with Gasteiger partial charge in [-0.25, -0.2) is 0 Å². The van der Waals surface area contributed by atoms with E-state index in [9.17, 15) is 4.79 Å². The van der Waals surface area contributed by atoms with Crippen LogP contribution in [0, 0.1) is 0 Å². The summed E-state index contributed by atoms with van der Waals surface area (Å²) in [4.78, 5) is 13.9. The first-order chi connectivity index (χ1) is 8.54. The summed E-state index contributed by atoms with van der Waals surface area (Å²) in [5.74, 6) is 1.13. The van der Waals surface area contributed by atoms with E-state index in [0.717, 1.165) is 4.47 Å². The van der Waals surface area contributed by atoms with Gasteiger partial charge in [-0.3, -0.25) is 4.79 Å². The molecule has 1 heterocycles. The van der Waals surface area contributed by atoms with Gasteiger partial charge in [0, 0.05) is 25.2 Å². The van der Waals surface area contributed by atoms with Gasteiger partial charge in [0.25, 0.3) is 5.91 Å². The number of nitrogens with two attached hydrogens (primary N) is 1. The van der Waals surface area contributed by atoms with E-state index in [2.05, 4.69) is 15.9 Å². The molecule has 0 fully saturated rings. The number of benzene rings is 1. The zero-order valence-electron chi connectivity index (χ0n) is 10.7. The average molecular weight is 352 g/mol. The zero-order valence-corrected chi connectivity index (χ0v) is 13.1. The van der Waals surface area contributed by atoms with Gasteiger partial charge >= 0.3 is 0 Å². The van der Waals surface area contributed by atoms with Crippen molar-refractivity contribution in [1.82, 2.24) is 4.90 Å². The second kappa shape index (κ2) is 6.45. The Hall–Kier alpha value is -0.980. The van der Waals surface area contributed by atoms with Crippen LogP contribution in [0.25, 0.3) is 0 Å². The molecule has 1 atom stereocenters. The summed E-state index contributed by atoms with van der Waals surface area (Å²) < 4.78 is 11.3. The molecule has 2 N–H and O–H groups in total. The van der Waals surface area contributed by atoms with Crippen molar-refractivity contribution in [3.63, 3.8) is 0 Å². The number of halogens is 2. The first kappa shape index (κ1) is 16.1. The Morgan fingerprint density at radius 3 is 2.84 bits per heavy atom. The van der Waals surface area contributed by atoms with Gasteiger partial charge in [-0.05, 0) is 35.0 Å². The Labute approximate surface area is 126 Å². The summed E-state index contributed by atoms with van der Waals surface area (Å²) in [7, 11) is 1.73. The van der Waals surface area contributed by atoms with Crippen molar-refractivity contribution in [2.24, 2.45) is 5.73 Å². The van der Waals surface area contributed by atoms with Crippen LogP contribution >= 0.6 is 28.3 Å². The molecule has 7 heteroatoms. The van der Waals surface area contributed by atoms with Crippen molar-refractivity contribution in [3.05, 3.63) is 22.2 Å². The molecule has 0 saturated heterocycles. The smallest absolute Gasteiger partial charge is 0.254 e. The predicted molar refractivity (Wildman–Crippen MR) is 78.1 cm³/mol. The number of likely N-dealkylation sites (N-methyl/N-ethyl adjacent to an activating group) is 1. The minimum absolute atomic E-state index is 0. The lowest BCUT2D eigenvalue weighted by Crippen LogP contribution is -2.39. The molecule has 0 bridgehead atoms. The van der Waals surface area contributed by atoms with Gasteiger partial charge < -0.3 is 20.1 Å². The molecule has 1 aromatic carbocycles. The van der Waals surface area contributed by atoms with Crippen molar-refractivity contribution in [2.45, 2.75) is 13.0 Å². The molecule has 106 valence electrons. The first-order valence-electron chi connectivity index (χ1n) is 5.61. The number of hydrogen-bond donors (Lipinski definition) is 1. The van der Waals surface area contributed by atoms with E-state index in [0.29, 0.717) is 23.6 Å². The molecule has 1 amide bonds. The van der Waals surface area contributed by atoms with Crippen LogP contribution in [0.2, 0.25) is 0 Å². The molecule has 0 radical (unpaired) electrons. The highest BCUT2D eigenvalue weighted by molar-refractivity contribution is 9.10. The van der Waals surface area contributed by atoms with Crippen molar-refractivity contribution >= 4 is 34.2 Å². The lowest BCUT2D eigenvalue weighted by molar-refractivity contribution is 0.0748. The van der Waals surface area contributed by atoms with Crippen LogP contribution in [0.1, 0.15) is 17.3 Å². The third-order valence-corrected chi connectivity index (χ3v) is 3.59. The number of carbonyl (C=O) groups excluding carboxylic acids is 1. The molecule has 0 saturated carbocycles. The molecule has 19 heavy (non-hydrogen) atoms. The summed E-state index contributed by atoms with van der Waals surface area (Å²) in [6.45, 7) is 2.51. The number of hydrogen-bond acceptors (Lipinski definition) is 4. The topological polar surface area (TPSA) is 64.8 Å². The number of ether oxygens (including phenoxy) is 2. The maximum absolute atomic E-state index is 12.3. The standard InChI is InChI=1S/C12H15BrN2O3.ClH/c1-7(5-14)15(2)12(16)8-3-9(13)11-10(4-8)17-6-18-11;/h3-4,7H,5-6,14H2,1-2H3;1H. The van der Waals surface area contributed by atoms with E-state index < -0.39 is 0 Å². The maximum atomic E-state index is 12.3. The van der Waals surface area contributed by atoms with E-state index >= 15 is 0 Å². The second-order valence-corrected chi connectivity index (χ2v) is 5.05. The number of amides is 1. The predicted octanol–water partition coefficient (Wildman–Crippen LogP) is 2.02. The van der Waals surface area contributed by atoms with Crippen LogP contribution < -0.4 is 15.2 Å². The summed E-state index contributed by atoms with van der Waals surface area (Å²) in [5.41, 5.74) is 6.11. The minimum Gasteiger partial charge on any atom is -0.454 e. The normalized spacial score (nSPS) is 13.7. The minimum atomic E-state index is -0.0908. The molecule has 1 aliphatic rings. The second-order valence-electron chi connectivity index (χ2n) is 4.19. The third-order valence-electron chi connectivity index (χ3n) is 3.00. The van der Waals surface area contributed by atoms with Crippen LogP contribution in [0.3, 0.4) is 0 Å². The molecular formula is C12H16BrClN2O3. The largest absolute Gasteiger partial charge is 0.454 e. The van der Waals surface area contributed by atoms with Crippen LogP contribution in [-0.2, 0) is 0 Å². The fourth-order valence-electron chi connectivity index (χ4n) is 1.65. The summed E-state index contributed by atoms with van der Waals surface area (Å²) in [6, 6.07) is 3.41. The van der Waals surface area contributed by atoms with Crippen molar-refractivity contribution in [3.8, 4) is 11.5 Å². The Balaban J connectivity index is 0.00000180. The fourth-order valence-corrected chi connectivity index (χ4v) is 2.21. The van der Waals surface area contributed by atoms with Crippen LogP contribution in [-0.4, -0.2) is 37.2 Å². The highest BCUT2D eigenvalue weighted by Gasteiger charge is 2.23. The Morgan fingerprint density at radius 1 is 1.53 bits per heavy atom. The summed E-state index contributed by atoms with van der Waals surface area (Å²) in [5, 5.41) is 0. The third kappa shape index (κ3) is 3.13. The zero-order chi connectivity index (χ0) is 13.3. The molecule has 0 aliphatic carbocycles. The van der Waals surface area contributed by atoms with Crippen LogP contribution in [0.4, 0.5) is 0 Å². The molecule has 5 nitrogen and oxygen atoms in total. The SMILES string of the molecule is CC(CN)N(C)C(=O)c1cc(Br)c2c(c1)OCO2.Cl. The Kier molecular flexibility index (Phi) is 5.46. The highest BCUT2D eigenvalue weighted by atomic mass is 79.9. The molecule has 0 spiro atoms. The van der Waals surface area contributed by atoms with Gasteiger partial charge in [-0.15, -0.1) is 12.4 Å². The molecular weight excluding hydrogens is 336 g/mol. The molecule has 1 aliphatic heterocycles. The van der Waals surface area contributed by atoms with Gasteiger partial charge in [0.1, 0.15) is 0 Å². The van der Waals surface area contributed by atoms with Gasteiger partial charge in [0.15, 0.2) is 11.5 Å². The number of fused-ring (bicyclic) bond motifs is 1. The molecule has 0 aromatic heterocycles. The van der Waals surface area contributed by atoms with E-state index in [1.807, 2.05) is 6.92 Å². The summed E-state index contributed by atoms with van der Waals surface area (Å²) >= 11 is 3.37. The summed E-state index contributed by atoms with van der Waals surface area (Å²) in [6.07, 6.45) is 0. The van der Waals surface area contributed by atoms with Crippen molar-refractivity contribution < 1.29 is 14.3 Å². The lowest BCUT2D eigenvalue weighted by atomic mass is 10.1. The fraction of sp³-hybridized carbons (Fsp3) is 0.417. The Morgan fingerprint density at radius 2 is 2.21 bits per heavy atom. The van der Waals surface area contributed by atoms with E-state index in [1.165, 1.54) is 0 Å². The molecule has 2 rings (SSSR count). The van der Waals surface area contributed by atoms with Gasteiger partial charge in [-0.1, -0.05) is 0 Å². The van der Waals surface area contributed by atoms with Gasteiger partial charge in [0.2, 0.25) is 6.79 Å². The van der Waals surface area contributed by atoms with Gasteiger partial charge in [0.05, 0.1) is 4.47 Å².